The SMILES string of the molecule is C[N-]S(=O)(=O)c1cccc(C(F)(F)F)c1. The highest BCUT2D eigenvalue weighted by molar-refractivity contribution is 7.94. The summed E-state index contributed by atoms with van der Waals surface area (Å²) in [5.41, 5.74) is -1.01. The maximum atomic E-state index is 12.2. The summed E-state index contributed by atoms with van der Waals surface area (Å²) in [6.07, 6.45) is -4.56. The van der Waals surface area contributed by atoms with E-state index in [1.807, 2.05) is 0 Å². The lowest BCUT2D eigenvalue weighted by Gasteiger charge is -2.15. The fourth-order valence-electron chi connectivity index (χ4n) is 0.938. The van der Waals surface area contributed by atoms with Gasteiger partial charge in [-0.1, -0.05) is 6.07 Å². The van der Waals surface area contributed by atoms with Crippen molar-refractivity contribution in [3.63, 3.8) is 0 Å². The number of benzene rings is 1. The monoisotopic (exact) mass is 238 g/mol. The van der Waals surface area contributed by atoms with Crippen molar-refractivity contribution in [2.45, 2.75) is 11.1 Å². The number of hydrogen-bond donors (Lipinski definition) is 0. The number of nitrogens with zero attached hydrogens (tertiary/aromatic N) is 1. The van der Waals surface area contributed by atoms with Crippen molar-refractivity contribution >= 4 is 10.0 Å². The van der Waals surface area contributed by atoms with Crippen LogP contribution in [-0.4, -0.2) is 15.5 Å². The smallest absolute Gasteiger partial charge is 0.416 e. The first-order valence-corrected chi connectivity index (χ1v) is 5.25. The predicted octanol–water partition coefficient (Wildman–Crippen LogP) is 2.40. The summed E-state index contributed by atoms with van der Waals surface area (Å²) in [6, 6.07) is 3.45. The molecular weight excluding hydrogens is 231 g/mol. The normalized spacial score (nSPS) is 12.8. The van der Waals surface area contributed by atoms with E-state index in [1.54, 1.807) is 0 Å². The first-order chi connectivity index (χ1) is 6.77. The topological polar surface area (TPSA) is 48.2 Å². The second kappa shape index (κ2) is 3.82. The van der Waals surface area contributed by atoms with E-state index in [4.69, 9.17) is 0 Å². The molecule has 7 heteroatoms. The lowest BCUT2D eigenvalue weighted by molar-refractivity contribution is -0.137. The molecule has 0 saturated heterocycles. The second-order valence-corrected chi connectivity index (χ2v) is 4.47. The predicted molar refractivity (Wildman–Crippen MR) is 47.9 cm³/mol. The van der Waals surface area contributed by atoms with E-state index in [2.05, 4.69) is 4.72 Å². The zero-order valence-corrected chi connectivity index (χ0v) is 8.43. The fraction of sp³-hybridized carbons (Fsp3) is 0.250. The largest absolute Gasteiger partial charge is 0.547 e. The molecule has 0 aliphatic rings. The van der Waals surface area contributed by atoms with Crippen molar-refractivity contribution in [3.05, 3.63) is 34.6 Å². The molecule has 0 atom stereocenters. The van der Waals surface area contributed by atoms with Crippen LogP contribution < -0.4 is 0 Å². The molecule has 0 fully saturated rings. The minimum atomic E-state index is -4.56. The van der Waals surface area contributed by atoms with Gasteiger partial charge >= 0.3 is 6.18 Å². The maximum absolute atomic E-state index is 12.2. The number of halogens is 3. The first-order valence-electron chi connectivity index (χ1n) is 3.81. The van der Waals surface area contributed by atoms with Crippen LogP contribution in [0.3, 0.4) is 0 Å². The Morgan fingerprint density at radius 1 is 1.27 bits per heavy atom. The lowest BCUT2D eigenvalue weighted by atomic mass is 10.2. The van der Waals surface area contributed by atoms with Crippen molar-refractivity contribution in [1.29, 1.82) is 0 Å². The number of rotatable bonds is 2. The second-order valence-electron chi connectivity index (χ2n) is 2.68. The van der Waals surface area contributed by atoms with Crippen LogP contribution in [0.1, 0.15) is 5.56 Å². The summed E-state index contributed by atoms with van der Waals surface area (Å²) < 4.78 is 62.0. The van der Waals surface area contributed by atoms with E-state index in [1.165, 1.54) is 0 Å². The number of hydrogen-bond acceptors (Lipinski definition) is 2. The minimum absolute atomic E-state index is 0.458. The Balaban J connectivity index is 3.27. The highest BCUT2D eigenvalue weighted by atomic mass is 32.2. The first kappa shape index (κ1) is 12.0. The molecule has 0 aromatic heterocycles. The zero-order valence-electron chi connectivity index (χ0n) is 7.62. The molecule has 0 bridgehead atoms. The van der Waals surface area contributed by atoms with Gasteiger partial charge in [-0.05, 0) is 18.2 Å². The van der Waals surface area contributed by atoms with Crippen molar-refractivity contribution in [2.75, 3.05) is 7.05 Å². The van der Waals surface area contributed by atoms with Crippen molar-refractivity contribution in [1.82, 2.24) is 0 Å². The summed E-state index contributed by atoms with van der Waals surface area (Å²) in [5.74, 6) is 0. The van der Waals surface area contributed by atoms with Crippen molar-refractivity contribution in [2.24, 2.45) is 0 Å². The quantitative estimate of drug-likeness (QED) is 0.794. The molecule has 0 heterocycles. The Labute approximate surface area is 85.0 Å². The third kappa shape index (κ3) is 2.69. The van der Waals surface area contributed by atoms with Crippen LogP contribution in [0, 0.1) is 0 Å². The van der Waals surface area contributed by atoms with Gasteiger partial charge in [0.2, 0.25) is 0 Å². The van der Waals surface area contributed by atoms with Gasteiger partial charge in [0.05, 0.1) is 5.56 Å². The molecule has 0 N–H and O–H groups in total. The van der Waals surface area contributed by atoms with Gasteiger partial charge in [-0.2, -0.15) is 20.2 Å². The highest BCUT2D eigenvalue weighted by Crippen LogP contribution is 2.30. The maximum Gasteiger partial charge on any atom is 0.416 e. The molecule has 1 aromatic rings. The van der Waals surface area contributed by atoms with Crippen LogP contribution >= 0.6 is 0 Å². The molecule has 15 heavy (non-hydrogen) atoms. The minimum Gasteiger partial charge on any atom is -0.547 e. The Kier molecular flexibility index (Phi) is 3.05. The number of sulfonamides is 1. The fourth-order valence-corrected chi connectivity index (χ4v) is 1.68. The van der Waals surface area contributed by atoms with Crippen molar-refractivity contribution < 1.29 is 21.6 Å². The molecule has 1 aromatic carbocycles. The molecule has 0 spiro atoms. The van der Waals surface area contributed by atoms with Gasteiger partial charge in [0.15, 0.2) is 0 Å². The lowest BCUT2D eigenvalue weighted by Crippen LogP contribution is -2.06. The standard InChI is InChI=1S/C8H7F3NO2S/c1-12-15(13,14)7-4-2-3-6(5-7)8(9,10)11/h2-5H,1H3/q-1. The summed E-state index contributed by atoms with van der Waals surface area (Å²) >= 11 is 0. The van der Waals surface area contributed by atoms with Gasteiger partial charge in [-0.25, -0.2) is 8.42 Å². The van der Waals surface area contributed by atoms with Crippen LogP contribution in [0.4, 0.5) is 13.2 Å². The Morgan fingerprint density at radius 3 is 2.33 bits per heavy atom. The zero-order chi connectivity index (χ0) is 11.7. The molecule has 0 unspecified atom stereocenters. The average Bonchev–Trinajstić information content (AvgIpc) is 2.17. The molecular formula is C8H7F3NO2S-. The Bertz CT molecular complexity index is 453. The summed E-state index contributed by atoms with van der Waals surface area (Å²) in [7, 11) is -2.95. The highest BCUT2D eigenvalue weighted by Gasteiger charge is 2.30. The van der Waals surface area contributed by atoms with E-state index in [9.17, 15) is 21.6 Å². The molecule has 0 saturated carbocycles. The molecule has 84 valence electrons. The molecule has 1 rings (SSSR count). The van der Waals surface area contributed by atoms with Crippen LogP contribution in [0.5, 0.6) is 0 Å². The third-order valence-electron chi connectivity index (χ3n) is 1.70. The third-order valence-corrected chi connectivity index (χ3v) is 3.03. The van der Waals surface area contributed by atoms with E-state index in [0.717, 1.165) is 25.2 Å². The number of alkyl halides is 3. The van der Waals surface area contributed by atoms with Gasteiger partial charge < -0.3 is 4.72 Å². The van der Waals surface area contributed by atoms with Crippen LogP contribution in [0.15, 0.2) is 29.2 Å². The summed E-state index contributed by atoms with van der Waals surface area (Å²) in [4.78, 5) is -0.458. The molecule has 3 nitrogen and oxygen atoms in total. The van der Waals surface area contributed by atoms with Crippen molar-refractivity contribution in [3.8, 4) is 0 Å². The van der Waals surface area contributed by atoms with Crippen LogP contribution in [0.25, 0.3) is 4.72 Å². The van der Waals surface area contributed by atoms with Gasteiger partial charge in [-0.15, -0.1) is 0 Å². The van der Waals surface area contributed by atoms with E-state index >= 15 is 0 Å². The van der Waals surface area contributed by atoms with E-state index < -0.39 is 26.7 Å². The van der Waals surface area contributed by atoms with Gasteiger partial charge in [0.1, 0.15) is 10.0 Å². The average molecular weight is 238 g/mol. The Hall–Kier alpha value is -1.08. The Morgan fingerprint density at radius 2 is 1.87 bits per heavy atom. The van der Waals surface area contributed by atoms with Gasteiger partial charge in [0, 0.05) is 4.90 Å². The van der Waals surface area contributed by atoms with Crippen LogP contribution in [-0.2, 0) is 16.2 Å². The van der Waals surface area contributed by atoms with E-state index in [0.29, 0.717) is 6.07 Å². The van der Waals surface area contributed by atoms with Crippen LogP contribution in [0.2, 0.25) is 0 Å². The summed E-state index contributed by atoms with van der Waals surface area (Å²) in [6.45, 7) is 0. The van der Waals surface area contributed by atoms with Gasteiger partial charge in [-0.3, -0.25) is 0 Å². The van der Waals surface area contributed by atoms with E-state index in [-0.39, 0.29) is 0 Å². The molecule has 0 aliphatic heterocycles. The molecule has 0 aliphatic carbocycles. The van der Waals surface area contributed by atoms with Gasteiger partial charge in [0.25, 0.3) is 0 Å². The molecule has 0 amide bonds. The molecule has 0 radical (unpaired) electrons. The summed E-state index contributed by atoms with van der Waals surface area (Å²) in [5, 5.41) is 0.